The van der Waals surface area contributed by atoms with E-state index in [1.807, 2.05) is 0 Å². The van der Waals surface area contributed by atoms with E-state index in [-0.39, 0.29) is 12.0 Å². The molecule has 2 heterocycles. The normalized spacial score (nSPS) is 21.4. The van der Waals surface area contributed by atoms with Crippen LogP contribution in [0.15, 0.2) is 41.1 Å². The minimum atomic E-state index is -0.0878. The molecule has 122 valence electrons. The Morgan fingerprint density at radius 3 is 2.91 bits per heavy atom. The first-order valence-electron chi connectivity index (χ1n) is 7.96. The summed E-state index contributed by atoms with van der Waals surface area (Å²) >= 11 is 0. The molecule has 1 aromatic carbocycles. The molecule has 5 heteroatoms. The van der Waals surface area contributed by atoms with E-state index in [4.69, 9.17) is 9.26 Å². The molecule has 1 amide bonds. The van der Waals surface area contributed by atoms with Crippen molar-refractivity contribution in [3.05, 3.63) is 53.4 Å². The fourth-order valence-corrected chi connectivity index (χ4v) is 3.26. The Bertz CT molecular complexity index is 654. The average Bonchev–Trinajstić information content (AvgIpc) is 3.11. The van der Waals surface area contributed by atoms with E-state index in [2.05, 4.69) is 36.3 Å². The SMILES string of the molecule is CO[C@@H]1CN(C(=O)c2ccon2)CC[C@@H]1Cc1ccccc1C. The number of amides is 1. The second-order valence-electron chi connectivity index (χ2n) is 6.09. The molecule has 0 bridgehead atoms. The maximum atomic E-state index is 12.4. The van der Waals surface area contributed by atoms with Gasteiger partial charge in [0.15, 0.2) is 5.69 Å². The molecule has 0 N–H and O–H groups in total. The lowest BCUT2D eigenvalue weighted by Gasteiger charge is -2.37. The quantitative estimate of drug-likeness (QED) is 0.870. The van der Waals surface area contributed by atoms with Gasteiger partial charge < -0.3 is 14.2 Å². The van der Waals surface area contributed by atoms with Gasteiger partial charge in [-0.1, -0.05) is 29.4 Å². The number of rotatable bonds is 4. The summed E-state index contributed by atoms with van der Waals surface area (Å²) in [5.41, 5.74) is 3.02. The zero-order valence-corrected chi connectivity index (χ0v) is 13.6. The standard InChI is InChI=1S/C18H22N2O3/c1-13-5-3-4-6-14(13)11-15-7-9-20(12-17(15)22-2)18(21)16-8-10-23-19-16/h3-6,8,10,15,17H,7,9,11-12H2,1-2H3/t15-,17-/m1/s1. The van der Waals surface area contributed by atoms with Crippen molar-refractivity contribution in [2.24, 2.45) is 5.92 Å². The highest BCUT2D eigenvalue weighted by atomic mass is 16.5. The smallest absolute Gasteiger partial charge is 0.276 e. The van der Waals surface area contributed by atoms with Crippen molar-refractivity contribution in [1.29, 1.82) is 0 Å². The predicted molar refractivity (Wildman–Crippen MR) is 86.2 cm³/mol. The number of aryl methyl sites for hydroxylation is 1. The highest BCUT2D eigenvalue weighted by molar-refractivity contribution is 5.92. The van der Waals surface area contributed by atoms with Crippen molar-refractivity contribution < 1.29 is 14.1 Å². The number of hydrogen-bond acceptors (Lipinski definition) is 4. The van der Waals surface area contributed by atoms with Crippen LogP contribution in [0.3, 0.4) is 0 Å². The van der Waals surface area contributed by atoms with E-state index in [0.717, 1.165) is 19.4 Å². The van der Waals surface area contributed by atoms with Gasteiger partial charge in [0.2, 0.25) is 0 Å². The summed E-state index contributed by atoms with van der Waals surface area (Å²) in [5.74, 6) is 0.331. The van der Waals surface area contributed by atoms with Crippen molar-refractivity contribution in [2.45, 2.75) is 25.9 Å². The molecule has 1 aromatic heterocycles. The van der Waals surface area contributed by atoms with Gasteiger partial charge in [-0.15, -0.1) is 0 Å². The van der Waals surface area contributed by atoms with Crippen LogP contribution in [-0.4, -0.2) is 42.3 Å². The largest absolute Gasteiger partial charge is 0.379 e. The van der Waals surface area contributed by atoms with Crippen LogP contribution in [0.25, 0.3) is 0 Å². The van der Waals surface area contributed by atoms with Gasteiger partial charge in [-0.2, -0.15) is 0 Å². The first-order valence-corrected chi connectivity index (χ1v) is 7.96. The molecule has 0 saturated carbocycles. The van der Waals surface area contributed by atoms with Crippen LogP contribution >= 0.6 is 0 Å². The average molecular weight is 314 g/mol. The molecule has 0 radical (unpaired) electrons. The summed E-state index contributed by atoms with van der Waals surface area (Å²) in [7, 11) is 1.72. The third-order valence-corrected chi connectivity index (χ3v) is 4.69. The summed E-state index contributed by atoms with van der Waals surface area (Å²) in [4.78, 5) is 14.2. The highest BCUT2D eigenvalue weighted by Gasteiger charge is 2.32. The third-order valence-electron chi connectivity index (χ3n) is 4.69. The number of carbonyl (C=O) groups excluding carboxylic acids is 1. The molecule has 0 unspecified atom stereocenters. The summed E-state index contributed by atoms with van der Waals surface area (Å²) in [6.07, 6.45) is 3.37. The number of nitrogens with zero attached hydrogens (tertiary/aromatic N) is 2. The molecule has 1 aliphatic rings. The van der Waals surface area contributed by atoms with E-state index >= 15 is 0 Å². The number of aromatic nitrogens is 1. The van der Waals surface area contributed by atoms with Crippen LogP contribution < -0.4 is 0 Å². The lowest BCUT2D eigenvalue weighted by atomic mass is 9.86. The number of likely N-dealkylation sites (tertiary alicyclic amines) is 1. The molecule has 1 aliphatic heterocycles. The highest BCUT2D eigenvalue weighted by Crippen LogP contribution is 2.26. The van der Waals surface area contributed by atoms with Gasteiger partial charge in [0.1, 0.15) is 6.26 Å². The number of benzene rings is 1. The zero-order chi connectivity index (χ0) is 16.2. The van der Waals surface area contributed by atoms with Crippen molar-refractivity contribution in [3.8, 4) is 0 Å². The third kappa shape index (κ3) is 3.45. The Labute approximate surface area is 136 Å². The molecule has 0 spiro atoms. The Morgan fingerprint density at radius 1 is 1.39 bits per heavy atom. The van der Waals surface area contributed by atoms with Crippen molar-refractivity contribution in [2.75, 3.05) is 20.2 Å². The van der Waals surface area contributed by atoms with Crippen molar-refractivity contribution in [1.82, 2.24) is 10.1 Å². The predicted octanol–water partition coefficient (Wildman–Crippen LogP) is 2.70. The number of carbonyl (C=O) groups is 1. The van der Waals surface area contributed by atoms with Crippen LogP contribution in [0, 0.1) is 12.8 Å². The lowest BCUT2D eigenvalue weighted by Crippen LogP contribution is -2.48. The minimum Gasteiger partial charge on any atom is -0.379 e. The first-order chi connectivity index (χ1) is 11.2. The fourth-order valence-electron chi connectivity index (χ4n) is 3.26. The number of ether oxygens (including phenoxy) is 1. The van der Waals surface area contributed by atoms with Gasteiger partial charge in [-0.05, 0) is 36.8 Å². The zero-order valence-electron chi connectivity index (χ0n) is 13.6. The van der Waals surface area contributed by atoms with E-state index in [1.165, 1.54) is 17.4 Å². The topological polar surface area (TPSA) is 55.6 Å². The van der Waals surface area contributed by atoms with Crippen LogP contribution in [0.2, 0.25) is 0 Å². The summed E-state index contributed by atoms with van der Waals surface area (Å²) in [5, 5.41) is 3.73. The minimum absolute atomic E-state index is 0.0409. The lowest BCUT2D eigenvalue weighted by molar-refractivity contribution is -0.00731. The Morgan fingerprint density at radius 2 is 2.22 bits per heavy atom. The number of methoxy groups -OCH3 is 1. The summed E-state index contributed by atoms with van der Waals surface area (Å²) < 4.78 is 10.4. The van der Waals surface area contributed by atoms with E-state index < -0.39 is 0 Å². The van der Waals surface area contributed by atoms with Gasteiger partial charge in [-0.25, -0.2) is 0 Å². The van der Waals surface area contributed by atoms with Crippen LogP contribution in [-0.2, 0) is 11.2 Å². The maximum absolute atomic E-state index is 12.4. The number of piperidine rings is 1. The molecule has 3 rings (SSSR count). The second-order valence-corrected chi connectivity index (χ2v) is 6.09. The Kier molecular flexibility index (Phi) is 4.76. The van der Waals surface area contributed by atoms with Gasteiger partial charge in [-0.3, -0.25) is 4.79 Å². The van der Waals surface area contributed by atoms with E-state index in [9.17, 15) is 4.79 Å². The second kappa shape index (κ2) is 6.96. The molecule has 23 heavy (non-hydrogen) atoms. The van der Waals surface area contributed by atoms with Crippen molar-refractivity contribution >= 4 is 5.91 Å². The van der Waals surface area contributed by atoms with Crippen molar-refractivity contribution in [3.63, 3.8) is 0 Å². The first kappa shape index (κ1) is 15.7. The maximum Gasteiger partial charge on any atom is 0.276 e. The van der Waals surface area contributed by atoms with E-state index in [1.54, 1.807) is 18.1 Å². The molecule has 1 saturated heterocycles. The molecule has 1 fully saturated rings. The van der Waals surface area contributed by atoms with Crippen LogP contribution in [0.4, 0.5) is 0 Å². The van der Waals surface area contributed by atoms with Gasteiger partial charge in [0.25, 0.3) is 5.91 Å². The molecule has 5 nitrogen and oxygen atoms in total. The molecular formula is C18H22N2O3. The molecule has 0 aliphatic carbocycles. The Hall–Kier alpha value is -2.14. The van der Waals surface area contributed by atoms with Crippen LogP contribution in [0.1, 0.15) is 28.0 Å². The molecule has 2 atom stereocenters. The summed E-state index contributed by atoms with van der Waals surface area (Å²) in [6, 6.07) is 10.1. The van der Waals surface area contributed by atoms with Gasteiger partial charge in [0, 0.05) is 26.3 Å². The van der Waals surface area contributed by atoms with Gasteiger partial charge in [0.05, 0.1) is 6.10 Å². The fraction of sp³-hybridized carbons (Fsp3) is 0.444. The monoisotopic (exact) mass is 314 g/mol. The van der Waals surface area contributed by atoms with E-state index in [0.29, 0.717) is 18.2 Å². The number of hydrogen-bond donors (Lipinski definition) is 0. The molecular weight excluding hydrogens is 292 g/mol. The summed E-state index contributed by atoms with van der Waals surface area (Å²) in [6.45, 7) is 3.46. The van der Waals surface area contributed by atoms with Gasteiger partial charge >= 0.3 is 0 Å². The Balaban J connectivity index is 1.67. The van der Waals surface area contributed by atoms with Crippen LogP contribution in [0.5, 0.6) is 0 Å². The molecule has 2 aromatic rings.